The predicted molar refractivity (Wildman–Crippen MR) is 53.8 cm³/mol. The van der Waals surface area contributed by atoms with Crippen LogP contribution in [-0.4, -0.2) is 18.3 Å². The Balaban J connectivity index is 2.54. The average molecular weight is 234 g/mol. The Kier molecular flexibility index (Phi) is 4.49. The lowest BCUT2D eigenvalue weighted by atomic mass is 10.1. The SMILES string of the molecule is O=C(CCl)NCCc1c(F)cccc1F. The molecule has 0 aromatic heterocycles. The third kappa shape index (κ3) is 3.47. The molecule has 0 aliphatic carbocycles. The van der Waals surface area contributed by atoms with Gasteiger partial charge in [0.2, 0.25) is 5.91 Å². The summed E-state index contributed by atoms with van der Waals surface area (Å²) in [5.41, 5.74) is -0.0210. The molecule has 5 heteroatoms. The van der Waals surface area contributed by atoms with E-state index in [1.54, 1.807) is 0 Å². The number of halogens is 3. The number of benzene rings is 1. The molecule has 0 aliphatic rings. The maximum Gasteiger partial charge on any atom is 0.234 e. The molecule has 1 rings (SSSR count). The van der Waals surface area contributed by atoms with E-state index in [0.29, 0.717) is 0 Å². The molecular weight excluding hydrogens is 224 g/mol. The van der Waals surface area contributed by atoms with Crippen molar-refractivity contribution in [3.8, 4) is 0 Å². The van der Waals surface area contributed by atoms with E-state index in [2.05, 4.69) is 5.32 Å². The van der Waals surface area contributed by atoms with Gasteiger partial charge in [0.05, 0.1) is 0 Å². The molecule has 1 aromatic rings. The lowest BCUT2D eigenvalue weighted by molar-refractivity contribution is -0.118. The first-order valence-corrected chi connectivity index (χ1v) is 4.94. The zero-order valence-corrected chi connectivity index (χ0v) is 8.65. The number of carbonyl (C=O) groups is 1. The number of hydrogen-bond donors (Lipinski definition) is 1. The van der Waals surface area contributed by atoms with Crippen LogP contribution in [0.5, 0.6) is 0 Å². The van der Waals surface area contributed by atoms with Gasteiger partial charge in [0.25, 0.3) is 0 Å². The molecule has 0 bridgehead atoms. The number of hydrogen-bond acceptors (Lipinski definition) is 1. The Morgan fingerprint density at radius 3 is 2.47 bits per heavy atom. The van der Waals surface area contributed by atoms with Crippen LogP contribution in [0.25, 0.3) is 0 Å². The summed E-state index contributed by atoms with van der Waals surface area (Å²) in [6, 6.07) is 3.66. The van der Waals surface area contributed by atoms with Crippen LogP contribution >= 0.6 is 11.6 Å². The molecule has 0 spiro atoms. The molecular formula is C10H10ClF2NO. The van der Waals surface area contributed by atoms with Gasteiger partial charge >= 0.3 is 0 Å². The molecule has 1 aromatic carbocycles. The van der Waals surface area contributed by atoms with Gasteiger partial charge in [0.15, 0.2) is 0 Å². The maximum atomic E-state index is 13.1. The highest BCUT2D eigenvalue weighted by molar-refractivity contribution is 6.27. The van der Waals surface area contributed by atoms with E-state index >= 15 is 0 Å². The largest absolute Gasteiger partial charge is 0.355 e. The lowest BCUT2D eigenvalue weighted by Gasteiger charge is -2.05. The summed E-state index contributed by atoms with van der Waals surface area (Å²) in [6.45, 7) is 0.170. The van der Waals surface area contributed by atoms with Crippen molar-refractivity contribution in [2.45, 2.75) is 6.42 Å². The molecule has 15 heavy (non-hydrogen) atoms. The predicted octanol–water partition coefficient (Wildman–Crippen LogP) is 1.86. The molecule has 0 aliphatic heterocycles. The maximum absolute atomic E-state index is 13.1. The van der Waals surface area contributed by atoms with Crippen LogP contribution in [0.2, 0.25) is 0 Å². The van der Waals surface area contributed by atoms with Crippen molar-refractivity contribution in [2.75, 3.05) is 12.4 Å². The third-order valence-corrected chi connectivity index (χ3v) is 2.12. The molecule has 1 amide bonds. The first-order valence-electron chi connectivity index (χ1n) is 4.40. The highest BCUT2D eigenvalue weighted by atomic mass is 35.5. The topological polar surface area (TPSA) is 29.1 Å². The van der Waals surface area contributed by atoms with Crippen LogP contribution < -0.4 is 5.32 Å². The quantitative estimate of drug-likeness (QED) is 0.791. The zero-order valence-electron chi connectivity index (χ0n) is 7.90. The second-order valence-electron chi connectivity index (χ2n) is 2.93. The van der Waals surface area contributed by atoms with Crippen molar-refractivity contribution < 1.29 is 13.6 Å². The van der Waals surface area contributed by atoms with Crippen molar-refractivity contribution in [2.24, 2.45) is 0 Å². The van der Waals surface area contributed by atoms with Crippen LogP contribution in [0.3, 0.4) is 0 Å². The molecule has 0 fully saturated rings. The monoisotopic (exact) mass is 233 g/mol. The van der Waals surface area contributed by atoms with Crippen molar-refractivity contribution in [3.05, 3.63) is 35.4 Å². The molecule has 0 saturated heterocycles. The summed E-state index contributed by atoms with van der Waals surface area (Å²) in [5, 5.41) is 2.43. The van der Waals surface area contributed by atoms with Gasteiger partial charge in [0.1, 0.15) is 17.5 Å². The van der Waals surface area contributed by atoms with E-state index in [0.717, 1.165) is 0 Å². The van der Waals surface area contributed by atoms with E-state index in [1.165, 1.54) is 18.2 Å². The van der Waals surface area contributed by atoms with Gasteiger partial charge < -0.3 is 5.32 Å². The fraction of sp³-hybridized carbons (Fsp3) is 0.300. The zero-order chi connectivity index (χ0) is 11.3. The average Bonchev–Trinajstić information content (AvgIpc) is 2.22. The van der Waals surface area contributed by atoms with Gasteiger partial charge in [-0.1, -0.05) is 6.07 Å². The van der Waals surface area contributed by atoms with E-state index in [9.17, 15) is 13.6 Å². The Bertz CT molecular complexity index is 337. The molecule has 0 saturated carbocycles. The minimum atomic E-state index is -0.602. The molecule has 82 valence electrons. The van der Waals surface area contributed by atoms with Crippen LogP contribution in [0.1, 0.15) is 5.56 Å². The summed E-state index contributed by atoms with van der Waals surface area (Å²) in [5.74, 6) is -1.71. The molecule has 0 radical (unpaired) electrons. The highest BCUT2D eigenvalue weighted by Gasteiger charge is 2.08. The van der Waals surface area contributed by atoms with Gasteiger partial charge in [-0.2, -0.15) is 0 Å². The van der Waals surface area contributed by atoms with Gasteiger partial charge in [0, 0.05) is 12.1 Å². The van der Waals surface area contributed by atoms with Crippen LogP contribution in [0, 0.1) is 11.6 Å². The van der Waals surface area contributed by atoms with Crippen molar-refractivity contribution >= 4 is 17.5 Å². The second kappa shape index (κ2) is 5.66. The van der Waals surface area contributed by atoms with Crippen molar-refractivity contribution in [1.82, 2.24) is 5.32 Å². The number of alkyl halides is 1. The smallest absolute Gasteiger partial charge is 0.234 e. The lowest BCUT2D eigenvalue weighted by Crippen LogP contribution is -2.27. The van der Waals surface area contributed by atoms with E-state index in [4.69, 9.17) is 11.6 Å². The fourth-order valence-electron chi connectivity index (χ4n) is 1.15. The molecule has 0 heterocycles. The van der Waals surface area contributed by atoms with Crippen molar-refractivity contribution in [3.63, 3.8) is 0 Å². The summed E-state index contributed by atoms with van der Waals surface area (Å²) in [6.07, 6.45) is 0.112. The van der Waals surface area contributed by atoms with E-state index in [1.807, 2.05) is 0 Å². The van der Waals surface area contributed by atoms with Gasteiger partial charge in [-0.3, -0.25) is 4.79 Å². The summed E-state index contributed by atoms with van der Waals surface area (Å²) in [4.78, 5) is 10.7. The van der Waals surface area contributed by atoms with Gasteiger partial charge in [-0.05, 0) is 18.6 Å². The van der Waals surface area contributed by atoms with Crippen LogP contribution in [0.15, 0.2) is 18.2 Å². The Hall–Kier alpha value is -1.16. The summed E-state index contributed by atoms with van der Waals surface area (Å²) >= 11 is 5.24. The number of carbonyl (C=O) groups excluding carboxylic acids is 1. The van der Waals surface area contributed by atoms with Crippen LogP contribution in [0.4, 0.5) is 8.78 Å². The molecule has 0 atom stereocenters. The Labute approximate surface area is 91.2 Å². The van der Waals surface area contributed by atoms with Gasteiger partial charge in [-0.15, -0.1) is 11.6 Å². The Morgan fingerprint density at radius 2 is 1.93 bits per heavy atom. The van der Waals surface area contributed by atoms with Gasteiger partial charge in [-0.25, -0.2) is 8.78 Å². The molecule has 1 N–H and O–H groups in total. The standard InChI is InChI=1S/C10H10ClF2NO/c11-6-10(15)14-5-4-7-8(12)2-1-3-9(7)13/h1-3H,4-6H2,(H,14,15). The molecule has 2 nitrogen and oxygen atoms in total. The first kappa shape index (κ1) is 11.9. The Morgan fingerprint density at radius 1 is 1.33 bits per heavy atom. The number of rotatable bonds is 4. The fourth-order valence-corrected chi connectivity index (χ4v) is 1.24. The van der Waals surface area contributed by atoms with E-state index in [-0.39, 0.29) is 30.3 Å². The van der Waals surface area contributed by atoms with Crippen LogP contribution in [-0.2, 0) is 11.2 Å². The first-order chi connectivity index (χ1) is 7.15. The third-order valence-electron chi connectivity index (χ3n) is 1.88. The van der Waals surface area contributed by atoms with E-state index < -0.39 is 11.6 Å². The minimum Gasteiger partial charge on any atom is -0.355 e. The van der Waals surface area contributed by atoms with Crippen molar-refractivity contribution in [1.29, 1.82) is 0 Å². The summed E-state index contributed by atoms with van der Waals surface area (Å²) < 4.78 is 26.2. The molecule has 0 unspecified atom stereocenters. The highest BCUT2D eigenvalue weighted by Crippen LogP contribution is 2.11. The normalized spacial score (nSPS) is 10.1. The number of nitrogens with one attached hydrogen (secondary N) is 1. The summed E-state index contributed by atoms with van der Waals surface area (Å²) in [7, 11) is 0. The second-order valence-corrected chi connectivity index (χ2v) is 3.20. The number of amides is 1. The minimum absolute atomic E-state index is 0.0210.